The SMILES string of the molecule is CC1(C)OC[C@H](C[C@H]2OC=CC(=O)C2(C)C)O1. The molecule has 0 aromatic heterocycles. The van der Waals surface area contributed by atoms with Crippen molar-refractivity contribution in [3.8, 4) is 0 Å². The van der Waals surface area contributed by atoms with E-state index in [4.69, 9.17) is 14.2 Å². The molecule has 2 heterocycles. The molecule has 2 rings (SSSR count). The summed E-state index contributed by atoms with van der Waals surface area (Å²) in [7, 11) is 0. The Balaban J connectivity index is 2.00. The maximum atomic E-state index is 11.8. The summed E-state index contributed by atoms with van der Waals surface area (Å²) >= 11 is 0. The van der Waals surface area contributed by atoms with Crippen LogP contribution in [0.3, 0.4) is 0 Å². The standard InChI is InChI=1S/C13H20O4/c1-12(2)10(14)5-6-15-11(12)7-9-8-16-13(3,4)17-9/h5-6,9,11H,7-8H2,1-4H3/t9-,11+/m0/s1. The third-order valence-corrected chi connectivity index (χ3v) is 3.45. The van der Waals surface area contributed by atoms with Crippen molar-refractivity contribution in [3.05, 3.63) is 12.3 Å². The zero-order valence-electron chi connectivity index (χ0n) is 10.9. The summed E-state index contributed by atoms with van der Waals surface area (Å²) in [6.45, 7) is 8.16. The normalized spacial score (nSPS) is 34.7. The Labute approximate surface area is 102 Å². The van der Waals surface area contributed by atoms with Gasteiger partial charge in [0.15, 0.2) is 11.6 Å². The lowest BCUT2D eigenvalue weighted by Gasteiger charge is -2.35. The van der Waals surface area contributed by atoms with Crippen LogP contribution in [0.1, 0.15) is 34.1 Å². The van der Waals surface area contributed by atoms with Gasteiger partial charge in [0.2, 0.25) is 0 Å². The average Bonchev–Trinajstić information content (AvgIpc) is 2.54. The largest absolute Gasteiger partial charge is 0.497 e. The number of rotatable bonds is 2. The molecule has 0 unspecified atom stereocenters. The van der Waals surface area contributed by atoms with E-state index in [0.717, 1.165) is 0 Å². The molecule has 0 aromatic carbocycles. The maximum absolute atomic E-state index is 11.8. The van der Waals surface area contributed by atoms with E-state index < -0.39 is 11.2 Å². The molecule has 2 aliphatic rings. The number of hydrogen-bond acceptors (Lipinski definition) is 4. The van der Waals surface area contributed by atoms with Crippen LogP contribution in [0, 0.1) is 5.41 Å². The molecule has 96 valence electrons. The molecule has 0 bridgehead atoms. The van der Waals surface area contributed by atoms with E-state index in [0.29, 0.717) is 13.0 Å². The van der Waals surface area contributed by atoms with Gasteiger partial charge < -0.3 is 14.2 Å². The van der Waals surface area contributed by atoms with E-state index in [9.17, 15) is 4.79 Å². The Bertz CT molecular complexity index is 343. The van der Waals surface area contributed by atoms with Gasteiger partial charge in [0, 0.05) is 12.5 Å². The molecule has 4 nitrogen and oxygen atoms in total. The third-order valence-electron chi connectivity index (χ3n) is 3.45. The van der Waals surface area contributed by atoms with Gasteiger partial charge in [0.25, 0.3) is 0 Å². The topological polar surface area (TPSA) is 44.8 Å². The molecule has 0 saturated carbocycles. The van der Waals surface area contributed by atoms with Crippen LogP contribution in [0.25, 0.3) is 0 Å². The number of carbonyl (C=O) groups excluding carboxylic acids is 1. The molecule has 0 amide bonds. The van der Waals surface area contributed by atoms with Gasteiger partial charge in [-0.25, -0.2) is 0 Å². The smallest absolute Gasteiger partial charge is 0.168 e. The Hall–Kier alpha value is -0.870. The Morgan fingerprint density at radius 3 is 2.65 bits per heavy atom. The van der Waals surface area contributed by atoms with Crippen LogP contribution in [0.2, 0.25) is 0 Å². The molecule has 0 radical (unpaired) electrons. The van der Waals surface area contributed by atoms with E-state index in [2.05, 4.69) is 0 Å². The molecule has 1 saturated heterocycles. The molecule has 0 aromatic rings. The first kappa shape index (κ1) is 12.6. The zero-order chi connectivity index (χ0) is 12.7. The number of ketones is 1. The lowest BCUT2D eigenvalue weighted by Crippen LogP contribution is -2.42. The van der Waals surface area contributed by atoms with E-state index in [-0.39, 0.29) is 18.0 Å². The Morgan fingerprint density at radius 2 is 2.06 bits per heavy atom. The fourth-order valence-electron chi connectivity index (χ4n) is 2.21. The van der Waals surface area contributed by atoms with Gasteiger partial charge in [0.05, 0.1) is 24.4 Å². The Morgan fingerprint density at radius 1 is 1.35 bits per heavy atom. The van der Waals surface area contributed by atoms with Crippen LogP contribution in [0.5, 0.6) is 0 Å². The fourth-order valence-corrected chi connectivity index (χ4v) is 2.21. The number of allylic oxidation sites excluding steroid dienone is 1. The molecule has 17 heavy (non-hydrogen) atoms. The summed E-state index contributed by atoms with van der Waals surface area (Å²) < 4.78 is 16.8. The maximum Gasteiger partial charge on any atom is 0.168 e. The summed E-state index contributed by atoms with van der Waals surface area (Å²) in [5.74, 6) is -0.421. The molecule has 4 heteroatoms. The molecular weight excluding hydrogens is 220 g/mol. The Kier molecular flexibility index (Phi) is 3.04. The van der Waals surface area contributed by atoms with Crippen LogP contribution < -0.4 is 0 Å². The number of hydrogen-bond donors (Lipinski definition) is 0. The van der Waals surface area contributed by atoms with Crippen molar-refractivity contribution in [2.75, 3.05) is 6.61 Å². The first-order chi connectivity index (χ1) is 7.81. The van der Waals surface area contributed by atoms with Crippen molar-refractivity contribution >= 4 is 5.78 Å². The van der Waals surface area contributed by atoms with Crippen molar-refractivity contribution in [3.63, 3.8) is 0 Å². The van der Waals surface area contributed by atoms with E-state index >= 15 is 0 Å². The van der Waals surface area contributed by atoms with Gasteiger partial charge in [-0.1, -0.05) is 0 Å². The average molecular weight is 240 g/mol. The van der Waals surface area contributed by atoms with Crippen LogP contribution in [-0.4, -0.2) is 30.4 Å². The van der Waals surface area contributed by atoms with Crippen molar-refractivity contribution < 1.29 is 19.0 Å². The highest BCUT2D eigenvalue weighted by molar-refractivity contribution is 5.95. The first-order valence-electron chi connectivity index (χ1n) is 5.99. The monoisotopic (exact) mass is 240 g/mol. The molecule has 2 atom stereocenters. The number of ether oxygens (including phenoxy) is 3. The van der Waals surface area contributed by atoms with Gasteiger partial charge in [-0.3, -0.25) is 4.79 Å². The highest BCUT2D eigenvalue weighted by atomic mass is 16.7. The van der Waals surface area contributed by atoms with Crippen LogP contribution >= 0.6 is 0 Å². The van der Waals surface area contributed by atoms with Crippen molar-refractivity contribution in [1.82, 2.24) is 0 Å². The molecule has 1 fully saturated rings. The van der Waals surface area contributed by atoms with Crippen LogP contribution in [0.15, 0.2) is 12.3 Å². The second-order valence-electron chi connectivity index (χ2n) is 5.70. The number of carbonyl (C=O) groups is 1. The summed E-state index contributed by atoms with van der Waals surface area (Å²) in [5, 5.41) is 0. The van der Waals surface area contributed by atoms with Gasteiger partial charge in [0.1, 0.15) is 6.10 Å². The molecular formula is C13H20O4. The van der Waals surface area contributed by atoms with Gasteiger partial charge in [-0.15, -0.1) is 0 Å². The second-order valence-corrected chi connectivity index (χ2v) is 5.70. The minimum atomic E-state index is -0.524. The molecule has 0 aliphatic carbocycles. The molecule has 0 spiro atoms. The van der Waals surface area contributed by atoms with Gasteiger partial charge >= 0.3 is 0 Å². The predicted molar refractivity (Wildman–Crippen MR) is 62.3 cm³/mol. The van der Waals surface area contributed by atoms with E-state index in [1.807, 2.05) is 27.7 Å². The lowest BCUT2D eigenvalue weighted by molar-refractivity contribution is -0.147. The van der Waals surface area contributed by atoms with Gasteiger partial charge in [-0.2, -0.15) is 0 Å². The highest BCUT2D eigenvalue weighted by Gasteiger charge is 2.43. The predicted octanol–water partition coefficient (Wildman–Crippen LogP) is 2.04. The first-order valence-corrected chi connectivity index (χ1v) is 5.99. The van der Waals surface area contributed by atoms with Crippen LogP contribution in [-0.2, 0) is 19.0 Å². The zero-order valence-corrected chi connectivity index (χ0v) is 10.9. The molecule has 0 N–H and O–H groups in total. The van der Waals surface area contributed by atoms with Crippen molar-refractivity contribution in [1.29, 1.82) is 0 Å². The lowest BCUT2D eigenvalue weighted by atomic mass is 9.78. The molecule has 2 aliphatic heterocycles. The highest BCUT2D eigenvalue weighted by Crippen LogP contribution is 2.34. The summed E-state index contributed by atoms with van der Waals surface area (Å²) in [6, 6.07) is 0. The summed E-state index contributed by atoms with van der Waals surface area (Å²) in [4.78, 5) is 11.8. The minimum Gasteiger partial charge on any atom is -0.497 e. The third kappa shape index (κ3) is 2.53. The van der Waals surface area contributed by atoms with Gasteiger partial charge in [-0.05, 0) is 27.7 Å². The van der Waals surface area contributed by atoms with Crippen LogP contribution in [0.4, 0.5) is 0 Å². The quantitative estimate of drug-likeness (QED) is 0.741. The second kappa shape index (κ2) is 4.10. The summed E-state index contributed by atoms with van der Waals surface area (Å²) in [6.07, 6.45) is 3.49. The fraction of sp³-hybridized carbons (Fsp3) is 0.769. The van der Waals surface area contributed by atoms with Crippen molar-refractivity contribution in [2.45, 2.75) is 52.1 Å². The van der Waals surface area contributed by atoms with E-state index in [1.54, 1.807) is 0 Å². The van der Waals surface area contributed by atoms with Crippen molar-refractivity contribution in [2.24, 2.45) is 5.41 Å². The van der Waals surface area contributed by atoms with E-state index in [1.165, 1.54) is 12.3 Å². The summed E-state index contributed by atoms with van der Waals surface area (Å²) in [5.41, 5.74) is -0.495. The minimum absolute atomic E-state index is 0.00595.